The fourth-order valence-electron chi connectivity index (χ4n) is 3.03. The summed E-state index contributed by atoms with van der Waals surface area (Å²) in [5.74, 6) is 3.02. The second-order valence-electron chi connectivity index (χ2n) is 5.86. The lowest BCUT2D eigenvalue weighted by molar-refractivity contribution is 0.220. The van der Waals surface area contributed by atoms with Crippen LogP contribution >= 0.6 is 11.8 Å². The summed E-state index contributed by atoms with van der Waals surface area (Å²) in [5, 5.41) is 0. The van der Waals surface area contributed by atoms with Gasteiger partial charge in [-0.15, -0.1) is 0 Å². The molecule has 1 heterocycles. The Kier molecular flexibility index (Phi) is 7.76. The van der Waals surface area contributed by atoms with Crippen molar-refractivity contribution in [2.75, 3.05) is 44.2 Å². The van der Waals surface area contributed by atoms with E-state index in [1.165, 1.54) is 5.56 Å². The molecule has 23 heavy (non-hydrogen) atoms. The molecular weight excluding hydrogens is 304 g/mol. The van der Waals surface area contributed by atoms with Gasteiger partial charge in [-0.25, -0.2) is 0 Å². The Labute approximate surface area is 145 Å². The van der Waals surface area contributed by atoms with Gasteiger partial charge in [-0.05, 0) is 25.1 Å². The van der Waals surface area contributed by atoms with Crippen molar-refractivity contribution in [2.24, 2.45) is 10.7 Å². The van der Waals surface area contributed by atoms with Crippen molar-refractivity contribution in [3.05, 3.63) is 35.9 Å². The monoisotopic (exact) mass is 334 g/mol. The maximum absolute atomic E-state index is 6.22. The van der Waals surface area contributed by atoms with Crippen LogP contribution in [-0.4, -0.2) is 66.0 Å². The molecule has 5 heteroatoms. The van der Waals surface area contributed by atoms with Gasteiger partial charge >= 0.3 is 0 Å². The lowest BCUT2D eigenvalue weighted by Crippen LogP contribution is -2.44. The number of benzene rings is 1. The molecule has 1 aliphatic rings. The van der Waals surface area contributed by atoms with E-state index in [1.807, 2.05) is 11.8 Å². The van der Waals surface area contributed by atoms with Crippen LogP contribution in [0.5, 0.6) is 0 Å². The lowest BCUT2D eigenvalue weighted by atomic mass is 10.0. The molecule has 1 aromatic rings. The summed E-state index contributed by atoms with van der Waals surface area (Å²) >= 11 is 1.99. The first-order chi connectivity index (χ1) is 11.2. The highest BCUT2D eigenvalue weighted by Gasteiger charge is 2.17. The molecule has 0 amide bonds. The molecule has 1 aliphatic heterocycles. The van der Waals surface area contributed by atoms with E-state index in [2.05, 4.69) is 54.0 Å². The fourth-order valence-corrected chi connectivity index (χ4v) is 3.93. The molecule has 0 aliphatic carbocycles. The van der Waals surface area contributed by atoms with Crippen LogP contribution in [0.1, 0.15) is 19.4 Å². The normalized spacial score (nSPS) is 17.5. The Morgan fingerprint density at radius 3 is 2.48 bits per heavy atom. The molecule has 2 rings (SSSR count). The van der Waals surface area contributed by atoms with Gasteiger partial charge < -0.3 is 10.6 Å². The Balaban J connectivity index is 2.01. The zero-order valence-electron chi connectivity index (χ0n) is 14.4. The standard InChI is InChI=1S/C18H30N4S/c1-3-21(4-2)17(14-16-8-6-5-7-9-16)15-20-18(19)22-10-12-23-13-11-22/h5-9,17H,3-4,10-15H2,1-2H3,(H2,19,20). The van der Waals surface area contributed by atoms with Crippen molar-refractivity contribution in [3.63, 3.8) is 0 Å². The first kappa shape index (κ1) is 18.1. The second-order valence-corrected chi connectivity index (χ2v) is 7.09. The van der Waals surface area contributed by atoms with Crippen LogP contribution in [0.4, 0.5) is 0 Å². The molecular formula is C18H30N4S. The SMILES string of the molecule is CCN(CC)C(CN=C(N)N1CCSCC1)Cc1ccccc1. The van der Waals surface area contributed by atoms with E-state index in [1.54, 1.807) is 0 Å². The summed E-state index contributed by atoms with van der Waals surface area (Å²) in [4.78, 5) is 9.43. The van der Waals surface area contributed by atoms with Crippen molar-refractivity contribution < 1.29 is 0 Å². The van der Waals surface area contributed by atoms with Crippen LogP contribution in [0.2, 0.25) is 0 Å². The topological polar surface area (TPSA) is 44.9 Å². The van der Waals surface area contributed by atoms with E-state index in [4.69, 9.17) is 10.7 Å². The van der Waals surface area contributed by atoms with Crippen LogP contribution in [0.3, 0.4) is 0 Å². The molecule has 1 fully saturated rings. The third-order valence-electron chi connectivity index (χ3n) is 4.44. The van der Waals surface area contributed by atoms with E-state index in [9.17, 15) is 0 Å². The average molecular weight is 335 g/mol. The van der Waals surface area contributed by atoms with Gasteiger partial charge in [0.1, 0.15) is 0 Å². The molecule has 128 valence electrons. The van der Waals surface area contributed by atoms with Gasteiger partial charge in [-0.1, -0.05) is 44.2 Å². The minimum Gasteiger partial charge on any atom is -0.370 e. The summed E-state index contributed by atoms with van der Waals surface area (Å²) in [6.07, 6.45) is 1.02. The minimum atomic E-state index is 0.408. The zero-order chi connectivity index (χ0) is 16.5. The molecule has 1 atom stereocenters. The van der Waals surface area contributed by atoms with Gasteiger partial charge in [0.25, 0.3) is 0 Å². The molecule has 0 aromatic heterocycles. The molecule has 0 bridgehead atoms. The van der Waals surface area contributed by atoms with Crippen LogP contribution < -0.4 is 5.73 Å². The van der Waals surface area contributed by atoms with E-state index >= 15 is 0 Å². The van der Waals surface area contributed by atoms with Crippen molar-refractivity contribution in [1.82, 2.24) is 9.80 Å². The highest BCUT2D eigenvalue weighted by Crippen LogP contribution is 2.11. The molecule has 0 spiro atoms. The van der Waals surface area contributed by atoms with Gasteiger partial charge in [-0.2, -0.15) is 11.8 Å². The van der Waals surface area contributed by atoms with Gasteiger partial charge in [0.15, 0.2) is 5.96 Å². The van der Waals surface area contributed by atoms with Crippen molar-refractivity contribution in [1.29, 1.82) is 0 Å². The van der Waals surface area contributed by atoms with E-state index in [-0.39, 0.29) is 0 Å². The highest BCUT2D eigenvalue weighted by atomic mass is 32.2. The van der Waals surface area contributed by atoms with E-state index in [0.717, 1.165) is 56.6 Å². The quantitative estimate of drug-likeness (QED) is 0.614. The van der Waals surface area contributed by atoms with Gasteiger partial charge in [0, 0.05) is 30.6 Å². The minimum absolute atomic E-state index is 0.408. The largest absolute Gasteiger partial charge is 0.370 e. The van der Waals surface area contributed by atoms with Crippen LogP contribution in [0.25, 0.3) is 0 Å². The summed E-state index contributed by atoms with van der Waals surface area (Å²) in [7, 11) is 0. The van der Waals surface area contributed by atoms with Crippen molar-refractivity contribution in [2.45, 2.75) is 26.3 Å². The van der Waals surface area contributed by atoms with Gasteiger partial charge in [0.05, 0.1) is 6.54 Å². The molecule has 1 unspecified atom stereocenters. The summed E-state index contributed by atoms with van der Waals surface area (Å²) in [6.45, 7) is 9.34. The molecule has 1 aromatic carbocycles. The highest BCUT2D eigenvalue weighted by molar-refractivity contribution is 7.99. The maximum Gasteiger partial charge on any atom is 0.191 e. The zero-order valence-corrected chi connectivity index (χ0v) is 15.3. The average Bonchev–Trinajstić information content (AvgIpc) is 2.62. The Bertz CT molecular complexity index is 467. The van der Waals surface area contributed by atoms with E-state index in [0.29, 0.717) is 6.04 Å². The predicted molar refractivity (Wildman–Crippen MR) is 102 cm³/mol. The first-order valence-corrected chi connectivity index (χ1v) is 9.80. The number of nitrogens with zero attached hydrogens (tertiary/aromatic N) is 3. The molecule has 2 N–H and O–H groups in total. The van der Waals surface area contributed by atoms with Gasteiger partial charge in [0.2, 0.25) is 0 Å². The van der Waals surface area contributed by atoms with Crippen LogP contribution in [-0.2, 0) is 6.42 Å². The number of nitrogens with two attached hydrogens (primary N) is 1. The number of thioether (sulfide) groups is 1. The van der Waals surface area contributed by atoms with Crippen molar-refractivity contribution in [3.8, 4) is 0 Å². The number of rotatable bonds is 7. The van der Waals surface area contributed by atoms with Gasteiger partial charge in [-0.3, -0.25) is 9.89 Å². The Hall–Kier alpha value is -1.20. The van der Waals surface area contributed by atoms with E-state index < -0.39 is 0 Å². The molecule has 0 saturated carbocycles. The molecule has 1 saturated heterocycles. The van der Waals surface area contributed by atoms with Crippen LogP contribution in [0, 0.1) is 0 Å². The summed E-state index contributed by atoms with van der Waals surface area (Å²) in [5.41, 5.74) is 7.59. The third-order valence-corrected chi connectivity index (χ3v) is 5.38. The Morgan fingerprint density at radius 1 is 1.22 bits per heavy atom. The first-order valence-electron chi connectivity index (χ1n) is 8.65. The van der Waals surface area contributed by atoms with Crippen molar-refractivity contribution >= 4 is 17.7 Å². The Morgan fingerprint density at radius 2 is 1.87 bits per heavy atom. The number of aliphatic imine (C=N–C) groups is 1. The number of guanidine groups is 1. The lowest BCUT2D eigenvalue weighted by Gasteiger charge is -2.30. The van der Waals surface area contributed by atoms with Crippen LogP contribution in [0.15, 0.2) is 35.3 Å². The predicted octanol–water partition coefficient (Wildman–Crippen LogP) is 2.30. The number of hydrogen-bond acceptors (Lipinski definition) is 3. The molecule has 4 nitrogen and oxygen atoms in total. The second kappa shape index (κ2) is 9.83. The number of likely N-dealkylation sites (N-methyl/N-ethyl adjacent to an activating group) is 1. The fraction of sp³-hybridized carbons (Fsp3) is 0.611. The third kappa shape index (κ3) is 5.74. The maximum atomic E-state index is 6.22. The smallest absolute Gasteiger partial charge is 0.191 e. The summed E-state index contributed by atoms with van der Waals surface area (Å²) < 4.78 is 0. The summed E-state index contributed by atoms with van der Waals surface area (Å²) in [6, 6.07) is 11.1. The molecule has 0 radical (unpaired) electrons. The number of hydrogen-bond donors (Lipinski definition) is 1.